The van der Waals surface area contributed by atoms with Crippen molar-refractivity contribution in [2.24, 2.45) is 28.4 Å². The van der Waals surface area contributed by atoms with Crippen molar-refractivity contribution >= 4 is 78.5 Å². The number of nitrogens with one attached hydrogen (secondary N) is 4. The van der Waals surface area contributed by atoms with Crippen molar-refractivity contribution in [1.29, 1.82) is 0 Å². The van der Waals surface area contributed by atoms with Gasteiger partial charge in [-0.05, 0) is 139 Å². The number of carbonyl (C=O) groups excluding carboxylic acids is 10. The number of primary amides is 2. The molecule has 556 valence electrons. The number of benzene rings is 2. The number of nitrogens with zero attached hydrogens (tertiary/aromatic N) is 8. The molecule has 6 fully saturated rings. The van der Waals surface area contributed by atoms with E-state index in [-0.39, 0.29) is 84.4 Å². The summed E-state index contributed by atoms with van der Waals surface area (Å²) in [5.74, 6) is -5.05. The van der Waals surface area contributed by atoms with Crippen molar-refractivity contribution in [2.75, 3.05) is 25.6 Å². The van der Waals surface area contributed by atoms with E-state index in [1.165, 1.54) is 63.0 Å². The molecular weight excluding hydrogens is 1360 g/mol. The predicted molar refractivity (Wildman–Crippen MR) is 373 cm³/mol. The van der Waals surface area contributed by atoms with Crippen LogP contribution in [0.25, 0.3) is 10.4 Å². The molecule has 10 N–H and O–H groups in total. The molecule has 2 saturated heterocycles. The number of hydrogen-bond acceptors (Lipinski definition) is 19. The van der Waals surface area contributed by atoms with E-state index in [4.69, 9.17) is 28.5 Å². The summed E-state index contributed by atoms with van der Waals surface area (Å²) in [6.45, 7) is 6.20. The number of nitrogens with two attached hydrogens (primary N) is 2. The van der Waals surface area contributed by atoms with Crippen LogP contribution in [-0.2, 0) is 63.6 Å². The fraction of sp³-hybridized carbons (Fsp3) is 0.629. The summed E-state index contributed by atoms with van der Waals surface area (Å²) in [4.78, 5) is 140. The molecule has 3 heterocycles. The van der Waals surface area contributed by atoms with Crippen LogP contribution in [-0.4, -0.2) is 183 Å². The Morgan fingerprint density at radius 1 is 0.627 bits per heavy atom. The van der Waals surface area contributed by atoms with Crippen molar-refractivity contribution in [3.63, 3.8) is 0 Å². The summed E-state index contributed by atoms with van der Waals surface area (Å²) in [6, 6.07) is 5.30. The van der Waals surface area contributed by atoms with Gasteiger partial charge in [-0.1, -0.05) is 119 Å². The van der Waals surface area contributed by atoms with Gasteiger partial charge in [0, 0.05) is 48.1 Å². The van der Waals surface area contributed by atoms with Crippen LogP contribution in [0.2, 0.25) is 0 Å². The van der Waals surface area contributed by atoms with Crippen molar-refractivity contribution in [1.82, 2.24) is 46.1 Å². The lowest BCUT2D eigenvalue weighted by Crippen LogP contribution is -2.62. The maximum Gasteiger partial charge on any atom is 0.287 e. The lowest BCUT2D eigenvalue weighted by atomic mass is 9.78. The number of ketones is 2. The number of aromatic nitrogens is 3. The van der Waals surface area contributed by atoms with E-state index in [1.54, 1.807) is 33.9 Å². The molecule has 1 aromatic heterocycles. The van der Waals surface area contributed by atoms with Gasteiger partial charge in [0.05, 0.1) is 28.1 Å². The molecule has 30 nitrogen and oxygen atoms in total. The molecule has 2 aliphatic heterocycles. The lowest BCUT2D eigenvalue weighted by Gasteiger charge is -2.38. The standard InChI is InChI=1S/C35H49N7O8S.C30H41N7O7S.C5H8O/c1-34(2,48)28-21-42(40-39-28)24-19-27(32(46)38-35(29(43)30(36)44)16-8-5-9-17-35)41(20-24)33(47)26(18-22-10-6-4-7-11-22)37-31(45)23-12-14-25(15-13-23)51(3,49)50;1-45(43,44)22-12-10-20(11-13-22)27(40)33-23(16-19-8-4-2-5-9-19)29(42)37-18-21(35-36-32)17-24(37)28(41)34-30(25(38)26(31)39)14-6-3-7-15-30;1-4-5(2,3)6/h12-15,21-22,24,26-27,48H,4-11,16-20H2,1-3H3,(H2,36,44)(H,37,45)(H,38,46);10-13,19,21,23-24H,2-9,14-18H2,1H3,(H2,31,39)(H,33,40)(H,34,41);1,6H,2-3H3/t24-,26+,27-;21-,23+,24-;/m00./s1. The SMILES string of the molecule is C#CC(C)(C)O.CC(C)(O)c1cn([C@H]2C[C@@H](C(=O)NC3(C(=O)C(N)=O)CCCCC3)N(C(=O)[C@@H](CC3CCCCC3)NC(=O)c3ccc(S(C)(=O)=O)cc3)C2)nn1.CS(=O)(=O)c1ccc(C(=O)N[C@H](CC2CCCCC2)C(=O)N2C[C@@H](N=[N+]=[N-])C[C@H]2C(=O)NC2(C(=O)C(N)=O)CCCCC2)cc1. The lowest BCUT2D eigenvalue weighted by molar-refractivity contribution is -0.145. The zero-order chi connectivity index (χ0) is 75.1. The van der Waals surface area contributed by atoms with E-state index in [1.807, 2.05) is 0 Å². The third-order valence-corrected chi connectivity index (χ3v) is 22.4. The molecule has 2 aromatic carbocycles. The molecule has 4 saturated carbocycles. The number of carbonyl (C=O) groups is 10. The van der Waals surface area contributed by atoms with Crippen LogP contribution < -0.4 is 32.7 Å². The Morgan fingerprint density at radius 3 is 1.34 bits per heavy atom. The summed E-state index contributed by atoms with van der Waals surface area (Å²) >= 11 is 0. The van der Waals surface area contributed by atoms with Crippen molar-refractivity contribution in [3.8, 4) is 12.3 Å². The fourth-order valence-electron chi connectivity index (χ4n) is 14.5. The number of azide groups is 1. The molecule has 32 heteroatoms. The molecule has 0 radical (unpaired) electrons. The smallest absolute Gasteiger partial charge is 0.287 e. The first-order valence-corrected chi connectivity index (χ1v) is 38.7. The average Bonchev–Trinajstić information content (AvgIpc) is 1.56. The highest BCUT2D eigenvalue weighted by Gasteiger charge is 2.51. The van der Waals surface area contributed by atoms with Crippen LogP contribution in [0.4, 0.5) is 0 Å². The number of Topliss-reactive ketones (excluding diaryl/α,β-unsaturated/α-hetero) is 2. The van der Waals surface area contributed by atoms with Gasteiger partial charge in [-0.15, -0.1) is 11.5 Å². The Labute approximate surface area is 595 Å². The summed E-state index contributed by atoms with van der Waals surface area (Å²) in [5, 5.41) is 42.4. The molecule has 3 aromatic rings. The highest BCUT2D eigenvalue weighted by molar-refractivity contribution is 7.91. The number of sulfone groups is 2. The minimum atomic E-state index is -3.49. The minimum Gasteiger partial charge on any atom is -0.384 e. The Balaban J connectivity index is 0.000000266. The number of rotatable bonds is 23. The number of aliphatic hydroxyl groups is 2. The Kier molecular flexibility index (Phi) is 27.3. The van der Waals surface area contributed by atoms with Crippen LogP contribution in [0.5, 0.6) is 0 Å². The summed E-state index contributed by atoms with van der Waals surface area (Å²) in [6.07, 6.45) is 23.9. The first kappa shape index (κ1) is 80.7. The van der Waals surface area contributed by atoms with Crippen LogP contribution in [0, 0.1) is 24.2 Å². The second-order valence-electron chi connectivity index (χ2n) is 29.1. The Hall–Kier alpha value is -8.63. The molecule has 9 rings (SSSR count). The average molecular weight is 1460 g/mol. The molecule has 0 unspecified atom stereocenters. The number of terminal acetylenes is 1. The normalized spacial score (nSPS) is 21.4. The first-order valence-electron chi connectivity index (χ1n) is 34.9. The zero-order valence-electron chi connectivity index (χ0n) is 58.9. The van der Waals surface area contributed by atoms with E-state index >= 15 is 0 Å². The molecule has 4 aliphatic carbocycles. The van der Waals surface area contributed by atoms with E-state index in [2.05, 4.69) is 47.5 Å². The second-order valence-corrected chi connectivity index (χ2v) is 33.1. The monoisotopic (exact) mass is 1450 g/mol. The highest BCUT2D eigenvalue weighted by atomic mass is 32.2. The second kappa shape index (κ2) is 34.6. The Bertz CT molecular complexity index is 3890. The van der Waals surface area contributed by atoms with Gasteiger partial charge in [0.1, 0.15) is 52.1 Å². The van der Waals surface area contributed by atoms with Crippen LogP contribution >= 0.6 is 0 Å². The Morgan fingerprint density at radius 2 is 1.00 bits per heavy atom. The van der Waals surface area contributed by atoms with Crippen molar-refractivity contribution in [2.45, 2.75) is 250 Å². The van der Waals surface area contributed by atoms with Gasteiger partial charge in [0.15, 0.2) is 19.7 Å². The predicted octanol–water partition coefficient (Wildman–Crippen LogP) is 4.40. The van der Waals surface area contributed by atoms with E-state index in [0.717, 1.165) is 89.6 Å². The van der Waals surface area contributed by atoms with Crippen LogP contribution in [0.3, 0.4) is 0 Å². The van der Waals surface area contributed by atoms with E-state index < -0.39 is 137 Å². The van der Waals surface area contributed by atoms with E-state index in [9.17, 15) is 69.9 Å². The summed E-state index contributed by atoms with van der Waals surface area (Å²) < 4.78 is 49.2. The van der Waals surface area contributed by atoms with Gasteiger partial charge < -0.3 is 52.7 Å². The molecule has 0 spiro atoms. The molecule has 0 bridgehead atoms. The molecule has 102 heavy (non-hydrogen) atoms. The first-order chi connectivity index (χ1) is 47.9. The van der Waals surface area contributed by atoms with Crippen LogP contribution in [0.15, 0.2) is 69.6 Å². The van der Waals surface area contributed by atoms with Gasteiger partial charge in [0.2, 0.25) is 35.2 Å². The minimum absolute atomic E-state index is 0.000472. The maximum atomic E-state index is 14.7. The van der Waals surface area contributed by atoms with Gasteiger partial charge in [0.25, 0.3) is 23.6 Å². The van der Waals surface area contributed by atoms with Crippen molar-refractivity contribution in [3.05, 3.63) is 82.0 Å². The van der Waals surface area contributed by atoms with Gasteiger partial charge in [-0.2, -0.15) is 0 Å². The largest absolute Gasteiger partial charge is 0.384 e. The quantitative estimate of drug-likeness (QED) is 0.0214. The molecule has 8 amide bonds. The van der Waals surface area contributed by atoms with Crippen LogP contribution in [0.1, 0.15) is 214 Å². The molecule has 6 atom stereocenters. The summed E-state index contributed by atoms with van der Waals surface area (Å²) in [5.41, 5.74) is 15.3. The van der Waals surface area contributed by atoms with Gasteiger partial charge in [-0.25, -0.2) is 21.5 Å². The van der Waals surface area contributed by atoms with Crippen molar-refractivity contribution < 1.29 is 75.0 Å². The molecule has 6 aliphatic rings. The van der Waals surface area contributed by atoms with E-state index in [0.29, 0.717) is 44.2 Å². The zero-order valence-corrected chi connectivity index (χ0v) is 60.6. The van der Waals surface area contributed by atoms with Gasteiger partial charge in [-0.3, -0.25) is 47.9 Å². The number of amides is 8. The maximum absolute atomic E-state index is 14.7. The highest BCUT2D eigenvalue weighted by Crippen LogP contribution is 2.37. The summed E-state index contributed by atoms with van der Waals surface area (Å²) in [7, 11) is -6.96. The number of hydrogen-bond donors (Lipinski definition) is 8. The topological polar surface area (TPSA) is 466 Å². The third-order valence-electron chi connectivity index (χ3n) is 20.1. The van der Waals surface area contributed by atoms with Gasteiger partial charge >= 0.3 is 0 Å². The fourth-order valence-corrected chi connectivity index (χ4v) is 15.7. The third kappa shape index (κ3) is 21.5. The number of likely N-dealkylation sites (tertiary alicyclic amines) is 2. The molecular formula is C70H98N14O16S2.